The molecule has 0 aromatic heterocycles. The maximum Gasteiger partial charge on any atom is 0.223 e. The molecule has 3 nitrogen and oxygen atoms in total. The summed E-state index contributed by atoms with van der Waals surface area (Å²) in [6, 6.07) is 18.8. The molecule has 1 aliphatic rings. The van der Waals surface area contributed by atoms with Gasteiger partial charge in [0.25, 0.3) is 0 Å². The zero-order valence-electron chi connectivity index (χ0n) is 15.9. The molecule has 1 heterocycles. The average molecular weight is 430 g/mol. The molecule has 4 heteroatoms. The molecule has 1 fully saturated rings. The van der Waals surface area contributed by atoms with Gasteiger partial charge in [0.05, 0.1) is 6.04 Å². The first kappa shape index (κ1) is 20.1. The van der Waals surface area contributed by atoms with Crippen LogP contribution in [0.15, 0.2) is 59.1 Å². The summed E-state index contributed by atoms with van der Waals surface area (Å²) in [5, 5.41) is 9.37. The third kappa shape index (κ3) is 4.44. The number of nitrogens with zero attached hydrogens (tertiary/aromatic N) is 1. The van der Waals surface area contributed by atoms with E-state index in [1.165, 1.54) is 11.1 Å². The zero-order valence-corrected chi connectivity index (χ0v) is 17.5. The summed E-state index contributed by atoms with van der Waals surface area (Å²) in [4.78, 5) is 15.3. The molecule has 144 valence electrons. The normalized spacial score (nSPS) is 21.3. The topological polar surface area (TPSA) is 40.5 Å². The van der Waals surface area contributed by atoms with Gasteiger partial charge in [-0.05, 0) is 48.9 Å². The van der Waals surface area contributed by atoms with Crippen LogP contribution in [-0.4, -0.2) is 29.1 Å². The van der Waals surface area contributed by atoms with Crippen LogP contribution in [0, 0.1) is 0 Å². The number of rotatable bonds is 7. The minimum Gasteiger partial charge on any atom is -0.396 e. The highest BCUT2D eigenvalue weighted by atomic mass is 79.9. The van der Waals surface area contributed by atoms with Gasteiger partial charge in [-0.15, -0.1) is 0 Å². The molecule has 2 aromatic carbocycles. The molecule has 1 saturated heterocycles. The quantitative estimate of drug-likeness (QED) is 0.653. The fraction of sp³-hybridized carbons (Fsp3) is 0.435. The Kier molecular flexibility index (Phi) is 6.72. The molecule has 0 bridgehead atoms. The zero-order chi connectivity index (χ0) is 19.3. The van der Waals surface area contributed by atoms with Crippen LogP contribution in [0.4, 0.5) is 0 Å². The van der Waals surface area contributed by atoms with Gasteiger partial charge in [-0.25, -0.2) is 0 Å². The van der Waals surface area contributed by atoms with Crippen LogP contribution in [0.1, 0.15) is 56.2 Å². The monoisotopic (exact) mass is 429 g/mol. The lowest BCUT2D eigenvalue weighted by Crippen LogP contribution is -2.47. The molecule has 1 aliphatic heterocycles. The molecule has 0 radical (unpaired) electrons. The van der Waals surface area contributed by atoms with E-state index in [-0.39, 0.29) is 24.0 Å². The van der Waals surface area contributed by atoms with Crippen molar-refractivity contribution in [2.24, 2.45) is 0 Å². The van der Waals surface area contributed by atoms with Gasteiger partial charge in [-0.1, -0.05) is 65.3 Å². The molecule has 0 aliphatic carbocycles. The van der Waals surface area contributed by atoms with Gasteiger partial charge in [0.1, 0.15) is 0 Å². The van der Waals surface area contributed by atoms with Gasteiger partial charge >= 0.3 is 0 Å². The van der Waals surface area contributed by atoms with Crippen LogP contribution in [0.5, 0.6) is 0 Å². The van der Waals surface area contributed by atoms with E-state index in [0.717, 1.165) is 36.7 Å². The Hall–Kier alpha value is -1.65. The van der Waals surface area contributed by atoms with Crippen molar-refractivity contribution in [3.63, 3.8) is 0 Å². The highest BCUT2D eigenvalue weighted by molar-refractivity contribution is 9.10. The number of carbonyl (C=O) groups excluding carboxylic acids is 1. The number of halogens is 1. The van der Waals surface area contributed by atoms with Crippen LogP contribution in [-0.2, 0) is 10.2 Å². The molecule has 2 aromatic rings. The van der Waals surface area contributed by atoms with Crippen LogP contribution >= 0.6 is 15.9 Å². The van der Waals surface area contributed by atoms with Crippen molar-refractivity contribution < 1.29 is 9.90 Å². The second-order valence-electron chi connectivity index (χ2n) is 7.46. The number of carbonyl (C=O) groups is 1. The molecule has 1 amide bonds. The standard InChI is InChI=1S/C23H28BrNO2/c1-2-21(18-9-11-20(24)12-10-18)25-15-14-23(13-6-16-26,17-22(25)27)19-7-4-3-5-8-19/h3-5,7-12,21,26H,2,6,13-17H2,1H3/t21-,23?/m0/s1. The van der Waals surface area contributed by atoms with E-state index in [1.54, 1.807) is 0 Å². The van der Waals surface area contributed by atoms with E-state index in [4.69, 9.17) is 0 Å². The molecule has 3 rings (SSSR count). The number of benzene rings is 2. The van der Waals surface area contributed by atoms with Crippen LogP contribution in [0.25, 0.3) is 0 Å². The van der Waals surface area contributed by atoms with Crippen LogP contribution in [0.2, 0.25) is 0 Å². The first-order valence-corrected chi connectivity index (χ1v) is 10.6. The molecule has 1 unspecified atom stereocenters. The van der Waals surface area contributed by atoms with E-state index >= 15 is 0 Å². The van der Waals surface area contributed by atoms with Gasteiger partial charge in [0, 0.05) is 29.5 Å². The molecular formula is C23H28BrNO2. The minimum atomic E-state index is -0.157. The fourth-order valence-electron chi connectivity index (χ4n) is 4.40. The van der Waals surface area contributed by atoms with E-state index in [1.807, 2.05) is 30.3 Å². The Morgan fingerprint density at radius 3 is 2.44 bits per heavy atom. The summed E-state index contributed by atoms with van der Waals surface area (Å²) in [5.41, 5.74) is 2.26. The lowest BCUT2D eigenvalue weighted by atomic mass is 9.69. The number of likely N-dealkylation sites (tertiary alicyclic amines) is 1. The number of aliphatic hydroxyl groups is 1. The van der Waals surface area contributed by atoms with Crippen molar-refractivity contribution >= 4 is 21.8 Å². The first-order valence-electron chi connectivity index (χ1n) is 9.81. The Labute approximate surface area is 170 Å². The molecule has 1 N–H and O–H groups in total. The lowest BCUT2D eigenvalue weighted by molar-refractivity contribution is -0.139. The van der Waals surface area contributed by atoms with Crippen LogP contribution in [0.3, 0.4) is 0 Å². The molecular weight excluding hydrogens is 402 g/mol. The van der Waals surface area contributed by atoms with Crippen molar-refractivity contribution in [2.75, 3.05) is 13.2 Å². The Morgan fingerprint density at radius 1 is 1.15 bits per heavy atom. The van der Waals surface area contributed by atoms with E-state index in [9.17, 15) is 9.90 Å². The predicted molar refractivity (Wildman–Crippen MR) is 113 cm³/mol. The number of hydrogen-bond acceptors (Lipinski definition) is 2. The summed E-state index contributed by atoms with van der Waals surface area (Å²) in [7, 11) is 0. The molecule has 0 saturated carbocycles. The largest absolute Gasteiger partial charge is 0.396 e. The average Bonchev–Trinajstić information content (AvgIpc) is 2.70. The second kappa shape index (κ2) is 9.03. The van der Waals surface area contributed by atoms with Crippen molar-refractivity contribution in [3.05, 3.63) is 70.2 Å². The molecule has 27 heavy (non-hydrogen) atoms. The van der Waals surface area contributed by atoms with Crippen LogP contribution < -0.4 is 0 Å². The van der Waals surface area contributed by atoms with Crippen molar-refractivity contribution in [1.29, 1.82) is 0 Å². The summed E-state index contributed by atoms with van der Waals surface area (Å²) >= 11 is 3.49. The number of hydrogen-bond donors (Lipinski definition) is 1. The smallest absolute Gasteiger partial charge is 0.223 e. The number of amides is 1. The third-order valence-electron chi connectivity index (χ3n) is 5.86. The highest BCUT2D eigenvalue weighted by Gasteiger charge is 2.41. The van der Waals surface area contributed by atoms with Crippen molar-refractivity contribution in [2.45, 2.75) is 50.5 Å². The Morgan fingerprint density at radius 2 is 1.85 bits per heavy atom. The number of piperidine rings is 1. The fourth-order valence-corrected chi connectivity index (χ4v) is 4.67. The Bertz CT molecular complexity index is 747. The molecule has 2 atom stereocenters. The minimum absolute atomic E-state index is 0.122. The SMILES string of the molecule is CC[C@@H](c1ccc(Br)cc1)N1CCC(CCCO)(c2ccccc2)CC1=O. The van der Waals surface area contributed by atoms with Gasteiger partial charge in [0.2, 0.25) is 5.91 Å². The lowest BCUT2D eigenvalue weighted by Gasteiger charge is -2.44. The Balaban J connectivity index is 1.83. The van der Waals surface area contributed by atoms with E-state index in [0.29, 0.717) is 6.42 Å². The van der Waals surface area contributed by atoms with Gasteiger partial charge < -0.3 is 10.0 Å². The third-order valence-corrected chi connectivity index (χ3v) is 6.39. The summed E-state index contributed by atoms with van der Waals surface area (Å²) in [6.07, 6.45) is 3.94. The second-order valence-corrected chi connectivity index (χ2v) is 8.38. The maximum absolute atomic E-state index is 13.2. The van der Waals surface area contributed by atoms with Crippen molar-refractivity contribution in [3.8, 4) is 0 Å². The first-order chi connectivity index (χ1) is 13.1. The summed E-state index contributed by atoms with van der Waals surface area (Å²) in [6.45, 7) is 3.07. The van der Waals surface area contributed by atoms with E-state index < -0.39 is 0 Å². The van der Waals surface area contributed by atoms with Crippen molar-refractivity contribution in [1.82, 2.24) is 4.90 Å². The maximum atomic E-state index is 13.2. The van der Waals surface area contributed by atoms with Gasteiger partial charge in [0.15, 0.2) is 0 Å². The molecule has 0 spiro atoms. The van der Waals surface area contributed by atoms with Gasteiger partial charge in [-0.2, -0.15) is 0 Å². The van der Waals surface area contributed by atoms with E-state index in [2.05, 4.69) is 52.0 Å². The highest BCUT2D eigenvalue weighted by Crippen LogP contribution is 2.42. The summed E-state index contributed by atoms with van der Waals surface area (Å²) < 4.78 is 1.05. The predicted octanol–water partition coefficient (Wildman–Crippen LogP) is 5.23. The summed E-state index contributed by atoms with van der Waals surface area (Å²) in [5.74, 6) is 0.220. The number of aliphatic hydroxyl groups excluding tert-OH is 1. The van der Waals surface area contributed by atoms with Gasteiger partial charge in [-0.3, -0.25) is 4.79 Å².